The van der Waals surface area contributed by atoms with Crippen LogP contribution in [0.3, 0.4) is 0 Å². The summed E-state index contributed by atoms with van der Waals surface area (Å²) in [5, 5.41) is 12.0. The number of fused-ring (bicyclic) bond motifs is 9. The van der Waals surface area contributed by atoms with Crippen molar-refractivity contribution in [3.05, 3.63) is 38.3 Å². The Morgan fingerprint density at radius 1 is 1.23 bits per heavy atom. The smallest absolute Gasteiger partial charge is 0.305 e. The third-order valence-electron chi connectivity index (χ3n) is 7.40. The van der Waals surface area contributed by atoms with Gasteiger partial charge >= 0.3 is 4.87 Å². The summed E-state index contributed by atoms with van der Waals surface area (Å²) < 4.78 is 5.61. The fraction of sp³-hybridized carbons (Fsp3) is 0.476. The van der Waals surface area contributed by atoms with Crippen molar-refractivity contribution in [2.24, 2.45) is 35.4 Å². The normalized spacial score (nSPS) is 35.3. The van der Waals surface area contributed by atoms with E-state index in [1.54, 1.807) is 17.8 Å². The number of rotatable bonds is 3. The number of amides is 2. The largest absolute Gasteiger partial charge is 0.504 e. The van der Waals surface area contributed by atoms with Crippen molar-refractivity contribution in [1.82, 2.24) is 9.99 Å². The molecule has 2 bridgehead atoms. The van der Waals surface area contributed by atoms with Crippen molar-refractivity contribution in [1.29, 1.82) is 0 Å². The number of carbonyl (C=O) groups excluding carboxylic acids is 2. The summed E-state index contributed by atoms with van der Waals surface area (Å²) in [5.41, 5.74) is 0.943. The molecule has 0 radical (unpaired) electrons. The van der Waals surface area contributed by atoms with Gasteiger partial charge in [-0.2, -0.15) is 0 Å². The molecule has 8 nitrogen and oxygen atoms in total. The summed E-state index contributed by atoms with van der Waals surface area (Å²) in [7, 11) is 0. The zero-order valence-corrected chi connectivity index (χ0v) is 18.2. The zero-order valence-electron chi connectivity index (χ0n) is 16.6. The standard InChI is InChI=1S/C21H21N3O5S2/c1-2-29-11-5-7(3-4-10(11)25)12-13-8-6-9(15-14(8)19(26)24(22)20(15)27)16(13)30-18-17(12)31-21(28)23-18/h3-5,8-9,12-16,25H,2,6,22H2,1H3,(H,23,28)/t8?,9?,12?,13-,14?,15?,16?/m0/s1. The first-order valence-corrected chi connectivity index (χ1v) is 12.1. The van der Waals surface area contributed by atoms with E-state index in [0.29, 0.717) is 12.4 Å². The van der Waals surface area contributed by atoms with Gasteiger partial charge in [-0.1, -0.05) is 17.4 Å². The molecule has 31 heavy (non-hydrogen) atoms. The number of thioether (sulfide) groups is 1. The predicted octanol–water partition coefficient (Wildman–Crippen LogP) is 1.89. The molecule has 2 aliphatic carbocycles. The van der Waals surface area contributed by atoms with Crippen LogP contribution < -0.4 is 15.5 Å². The van der Waals surface area contributed by atoms with Crippen molar-refractivity contribution in [3.63, 3.8) is 0 Å². The lowest BCUT2D eigenvalue weighted by Crippen LogP contribution is -2.42. The molecular weight excluding hydrogens is 438 g/mol. The number of phenolic OH excluding ortho intramolecular Hbond substituents is 1. The number of hydrogen-bond donors (Lipinski definition) is 3. The molecule has 2 saturated carbocycles. The van der Waals surface area contributed by atoms with Crippen LogP contribution in [-0.4, -0.2) is 38.8 Å². The average molecular weight is 460 g/mol. The van der Waals surface area contributed by atoms with Crippen LogP contribution in [0.25, 0.3) is 0 Å². The number of ether oxygens (including phenoxy) is 1. The second kappa shape index (κ2) is 6.60. The van der Waals surface area contributed by atoms with E-state index in [1.165, 1.54) is 11.3 Å². The minimum absolute atomic E-state index is 0.0252. The lowest BCUT2D eigenvalue weighted by molar-refractivity contribution is -0.141. The molecule has 2 amide bonds. The minimum Gasteiger partial charge on any atom is -0.504 e. The zero-order chi connectivity index (χ0) is 21.6. The Balaban J connectivity index is 1.50. The van der Waals surface area contributed by atoms with Crippen LogP contribution in [0.4, 0.5) is 0 Å². The Hall–Kier alpha value is -2.30. The number of benzene rings is 1. The number of H-pyrrole nitrogens is 1. The van der Waals surface area contributed by atoms with Crippen molar-refractivity contribution >= 4 is 34.9 Å². The maximum atomic E-state index is 12.8. The Bertz CT molecular complexity index is 1180. The molecule has 6 unspecified atom stereocenters. The molecule has 1 aromatic heterocycles. The second-order valence-corrected chi connectivity index (χ2v) is 10.9. The van der Waals surface area contributed by atoms with E-state index in [0.717, 1.165) is 26.9 Å². The third kappa shape index (κ3) is 2.49. The van der Waals surface area contributed by atoms with Gasteiger partial charge in [0.25, 0.3) is 0 Å². The predicted molar refractivity (Wildman–Crippen MR) is 114 cm³/mol. The van der Waals surface area contributed by atoms with E-state index in [1.807, 2.05) is 19.1 Å². The summed E-state index contributed by atoms with van der Waals surface area (Å²) in [4.78, 5) is 41.6. The molecule has 162 valence electrons. The van der Waals surface area contributed by atoms with Crippen molar-refractivity contribution in [2.75, 3.05) is 6.61 Å². The molecule has 1 aromatic carbocycles. The Labute approximate surface area is 185 Å². The summed E-state index contributed by atoms with van der Waals surface area (Å²) in [6, 6.07) is 5.32. The monoisotopic (exact) mass is 459 g/mol. The molecule has 3 heterocycles. The first-order chi connectivity index (χ1) is 14.9. The van der Waals surface area contributed by atoms with Gasteiger partial charge in [-0.05, 0) is 48.8 Å². The average Bonchev–Trinajstić information content (AvgIpc) is 3.46. The van der Waals surface area contributed by atoms with Gasteiger partial charge in [0, 0.05) is 16.0 Å². The Kier molecular flexibility index (Phi) is 4.13. The van der Waals surface area contributed by atoms with Crippen molar-refractivity contribution in [3.8, 4) is 11.5 Å². The van der Waals surface area contributed by atoms with Gasteiger partial charge in [0.15, 0.2) is 11.5 Å². The molecule has 4 N–H and O–H groups in total. The number of imide groups is 1. The van der Waals surface area contributed by atoms with Crippen molar-refractivity contribution < 1.29 is 19.4 Å². The highest BCUT2D eigenvalue weighted by Gasteiger charge is 2.69. The quantitative estimate of drug-likeness (QED) is 0.363. The van der Waals surface area contributed by atoms with Crippen LogP contribution in [0.5, 0.6) is 11.5 Å². The fourth-order valence-corrected chi connectivity index (χ4v) is 9.30. The maximum Gasteiger partial charge on any atom is 0.305 e. The van der Waals surface area contributed by atoms with Gasteiger partial charge in [-0.3, -0.25) is 14.4 Å². The number of aromatic amines is 1. The highest BCUT2D eigenvalue weighted by Crippen LogP contribution is 2.68. The van der Waals surface area contributed by atoms with Crippen LogP contribution in [0.15, 0.2) is 28.0 Å². The lowest BCUT2D eigenvalue weighted by Gasteiger charge is -2.43. The molecule has 3 fully saturated rings. The summed E-state index contributed by atoms with van der Waals surface area (Å²) in [6.07, 6.45) is 0.815. The van der Waals surface area contributed by atoms with E-state index in [9.17, 15) is 19.5 Å². The number of hydrogen-bond acceptors (Lipinski definition) is 8. The first kappa shape index (κ1) is 19.4. The van der Waals surface area contributed by atoms with Crippen LogP contribution >= 0.6 is 23.1 Å². The van der Waals surface area contributed by atoms with Gasteiger partial charge in [-0.25, -0.2) is 10.9 Å². The topological polar surface area (TPSA) is 126 Å². The summed E-state index contributed by atoms with van der Waals surface area (Å²) >= 11 is 2.83. The summed E-state index contributed by atoms with van der Waals surface area (Å²) in [6.45, 7) is 2.27. The molecule has 2 aliphatic heterocycles. The van der Waals surface area contributed by atoms with Gasteiger partial charge < -0.3 is 14.8 Å². The SMILES string of the molecule is CCOc1cc(C2c3sc(=O)[nH]c3SC3C4CC(C5C(=O)N(N)C(=O)C45)[C@@H]23)ccc1O. The van der Waals surface area contributed by atoms with E-state index >= 15 is 0 Å². The minimum atomic E-state index is -0.382. The molecule has 4 aliphatic rings. The van der Waals surface area contributed by atoms with E-state index in [-0.39, 0.29) is 63.2 Å². The highest BCUT2D eigenvalue weighted by molar-refractivity contribution is 8.00. The van der Waals surface area contributed by atoms with Crippen LogP contribution in [0, 0.1) is 29.6 Å². The van der Waals surface area contributed by atoms with Crippen LogP contribution in [0.1, 0.15) is 29.7 Å². The number of aromatic nitrogens is 1. The van der Waals surface area contributed by atoms with E-state index in [4.69, 9.17) is 10.6 Å². The number of nitrogens with zero attached hydrogens (tertiary/aromatic N) is 1. The highest BCUT2D eigenvalue weighted by atomic mass is 32.2. The summed E-state index contributed by atoms with van der Waals surface area (Å²) in [5.74, 6) is 5.03. The van der Waals surface area contributed by atoms with Crippen LogP contribution in [-0.2, 0) is 9.59 Å². The number of nitrogens with one attached hydrogen (secondary N) is 1. The number of nitrogens with two attached hydrogens (primary N) is 1. The number of aromatic hydroxyl groups is 1. The van der Waals surface area contributed by atoms with Gasteiger partial charge in [0.2, 0.25) is 11.8 Å². The lowest BCUT2D eigenvalue weighted by atomic mass is 9.68. The van der Waals surface area contributed by atoms with Crippen LogP contribution in [0.2, 0.25) is 0 Å². The molecule has 0 spiro atoms. The van der Waals surface area contributed by atoms with Gasteiger partial charge in [0.05, 0.1) is 23.5 Å². The molecule has 6 rings (SSSR count). The molecule has 1 saturated heterocycles. The number of carbonyl (C=O) groups is 2. The fourth-order valence-electron chi connectivity index (χ4n) is 6.41. The molecule has 10 heteroatoms. The number of phenols is 1. The maximum absolute atomic E-state index is 12.8. The van der Waals surface area contributed by atoms with E-state index in [2.05, 4.69) is 4.98 Å². The number of hydrazine groups is 1. The van der Waals surface area contributed by atoms with E-state index < -0.39 is 0 Å². The van der Waals surface area contributed by atoms with Crippen molar-refractivity contribution in [2.45, 2.75) is 29.5 Å². The second-order valence-electron chi connectivity index (χ2n) is 8.67. The molecule has 2 aromatic rings. The molecular formula is C21H21N3O5S2. The Morgan fingerprint density at radius 3 is 2.71 bits per heavy atom. The van der Waals surface area contributed by atoms with Gasteiger partial charge in [0.1, 0.15) is 0 Å². The number of thiazole rings is 1. The third-order valence-corrected chi connectivity index (χ3v) is 9.99. The Morgan fingerprint density at radius 2 is 1.97 bits per heavy atom. The van der Waals surface area contributed by atoms with Gasteiger partial charge in [-0.15, -0.1) is 11.8 Å². The first-order valence-electron chi connectivity index (χ1n) is 10.4. The molecule has 7 atom stereocenters.